The number of carbonyl (C=O) groups excluding carboxylic acids is 3. The van der Waals surface area contributed by atoms with E-state index < -0.39 is 11.9 Å². The molecule has 1 heterocycles. The van der Waals surface area contributed by atoms with E-state index in [1.165, 1.54) is 0 Å². The molecule has 4 N–H and O–H groups in total. The standard InChI is InChI=1S/C7H12N4O3/c8-7(14)10-6(13)4-11-2-1-9-5(12)3-11/h1-4H2,(H,9,12)(H3,8,10,13,14). The monoisotopic (exact) mass is 200 g/mol. The molecular formula is C7H12N4O3. The van der Waals surface area contributed by atoms with Crippen LogP contribution in [0.1, 0.15) is 0 Å². The van der Waals surface area contributed by atoms with Crippen LogP contribution in [0.4, 0.5) is 4.79 Å². The molecule has 0 bridgehead atoms. The number of rotatable bonds is 2. The Hall–Kier alpha value is -1.63. The number of urea groups is 1. The Morgan fingerprint density at radius 2 is 2.29 bits per heavy atom. The van der Waals surface area contributed by atoms with Crippen LogP contribution in [-0.4, -0.2) is 48.9 Å². The summed E-state index contributed by atoms with van der Waals surface area (Å²) in [5, 5.41) is 4.55. The Balaban J connectivity index is 2.32. The molecule has 4 amide bonds. The molecule has 78 valence electrons. The second-order valence-corrected chi connectivity index (χ2v) is 2.97. The number of hydrogen-bond acceptors (Lipinski definition) is 4. The fourth-order valence-corrected chi connectivity index (χ4v) is 1.21. The summed E-state index contributed by atoms with van der Waals surface area (Å²) in [5.41, 5.74) is 4.76. The second-order valence-electron chi connectivity index (χ2n) is 2.97. The van der Waals surface area contributed by atoms with Crippen LogP contribution in [0.2, 0.25) is 0 Å². The highest BCUT2D eigenvalue weighted by Crippen LogP contribution is 1.91. The number of piperazine rings is 1. The first-order valence-electron chi connectivity index (χ1n) is 4.16. The molecule has 0 saturated carbocycles. The van der Waals surface area contributed by atoms with E-state index >= 15 is 0 Å². The zero-order valence-corrected chi connectivity index (χ0v) is 7.58. The van der Waals surface area contributed by atoms with E-state index in [-0.39, 0.29) is 19.0 Å². The van der Waals surface area contributed by atoms with Gasteiger partial charge in [0.1, 0.15) is 0 Å². The van der Waals surface area contributed by atoms with Crippen molar-refractivity contribution in [2.75, 3.05) is 26.2 Å². The Morgan fingerprint density at radius 3 is 2.86 bits per heavy atom. The summed E-state index contributed by atoms with van der Waals surface area (Å²) < 4.78 is 0. The minimum absolute atomic E-state index is 0.0103. The van der Waals surface area contributed by atoms with Gasteiger partial charge < -0.3 is 11.1 Å². The summed E-state index contributed by atoms with van der Waals surface area (Å²) in [5.74, 6) is -0.615. The van der Waals surface area contributed by atoms with E-state index in [9.17, 15) is 14.4 Å². The Kier molecular flexibility index (Phi) is 3.41. The lowest BCUT2D eigenvalue weighted by atomic mass is 10.3. The molecule has 0 aliphatic carbocycles. The maximum absolute atomic E-state index is 11.0. The van der Waals surface area contributed by atoms with Crippen LogP contribution in [-0.2, 0) is 9.59 Å². The largest absolute Gasteiger partial charge is 0.354 e. The lowest BCUT2D eigenvalue weighted by Gasteiger charge is -2.25. The van der Waals surface area contributed by atoms with Gasteiger partial charge in [0.25, 0.3) is 0 Å². The summed E-state index contributed by atoms with van der Waals surface area (Å²) in [6.07, 6.45) is 0. The van der Waals surface area contributed by atoms with Gasteiger partial charge in [0.15, 0.2) is 0 Å². The van der Waals surface area contributed by atoms with Crippen molar-refractivity contribution in [1.82, 2.24) is 15.5 Å². The third-order valence-corrected chi connectivity index (χ3v) is 1.75. The zero-order chi connectivity index (χ0) is 10.6. The van der Waals surface area contributed by atoms with Crippen molar-refractivity contribution >= 4 is 17.8 Å². The molecule has 7 nitrogen and oxygen atoms in total. The van der Waals surface area contributed by atoms with Crippen molar-refractivity contribution in [2.45, 2.75) is 0 Å². The van der Waals surface area contributed by atoms with E-state index in [1.54, 1.807) is 4.90 Å². The number of primary amides is 1. The van der Waals surface area contributed by atoms with Crippen LogP contribution in [0.3, 0.4) is 0 Å². The summed E-state index contributed by atoms with van der Waals surface area (Å²) in [6, 6.07) is -0.878. The highest BCUT2D eigenvalue weighted by atomic mass is 16.2. The number of hydrogen-bond donors (Lipinski definition) is 3. The molecule has 1 saturated heterocycles. The van der Waals surface area contributed by atoms with Crippen LogP contribution in [0.25, 0.3) is 0 Å². The van der Waals surface area contributed by atoms with Gasteiger partial charge in [0, 0.05) is 13.1 Å². The molecular weight excluding hydrogens is 188 g/mol. The van der Waals surface area contributed by atoms with Gasteiger partial charge >= 0.3 is 6.03 Å². The van der Waals surface area contributed by atoms with Crippen molar-refractivity contribution < 1.29 is 14.4 Å². The fraction of sp³-hybridized carbons (Fsp3) is 0.571. The first-order valence-corrected chi connectivity index (χ1v) is 4.16. The van der Waals surface area contributed by atoms with Crippen molar-refractivity contribution in [3.8, 4) is 0 Å². The fourth-order valence-electron chi connectivity index (χ4n) is 1.21. The predicted octanol–water partition coefficient (Wildman–Crippen LogP) is -2.39. The molecule has 0 radical (unpaired) electrons. The Bertz CT molecular complexity index is 266. The molecule has 7 heteroatoms. The van der Waals surface area contributed by atoms with E-state index in [2.05, 4.69) is 5.32 Å². The lowest BCUT2D eigenvalue weighted by Crippen LogP contribution is -2.51. The number of nitrogens with zero attached hydrogens (tertiary/aromatic N) is 1. The van der Waals surface area contributed by atoms with Crippen LogP contribution in [0.5, 0.6) is 0 Å². The number of carbonyl (C=O) groups is 3. The van der Waals surface area contributed by atoms with Crippen LogP contribution in [0, 0.1) is 0 Å². The van der Waals surface area contributed by atoms with Crippen molar-refractivity contribution in [3.63, 3.8) is 0 Å². The van der Waals surface area contributed by atoms with Crippen molar-refractivity contribution in [2.24, 2.45) is 5.73 Å². The average molecular weight is 200 g/mol. The van der Waals surface area contributed by atoms with Gasteiger partial charge in [0.05, 0.1) is 13.1 Å². The van der Waals surface area contributed by atoms with Gasteiger partial charge in [-0.2, -0.15) is 0 Å². The maximum atomic E-state index is 11.0. The van der Waals surface area contributed by atoms with Crippen molar-refractivity contribution in [3.05, 3.63) is 0 Å². The average Bonchev–Trinajstić information content (AvgIpc) is 2.01. The molecule has 1 fully saturated rings. The Labute approximate surface area is 80.6 Å². The first-order chi connectivity index (χ1) is 6.58. The number of amides is 4. The molecule has 0 aromatic carbocycles. The van der Waals surface area contributed by atoms with E-state index in [1.807, 2.05) is 5.32 Å². The third kappa shape index (κ3) is 3.40. The van der Waals surface area contributed by atoms with Gasteiger partial charge in [0.2, 0.25) is 11.8 Å². The molecule has 14 heavy (non-hydrogen) atoms. The summed E-state index contributed by atoms with van der Waals surface area (Å²) >= 11 is 0. The second kappa shape index (κ2) is 4.56. The number of nitrogens with two attached hydrogens (primary N) is 1. The van der Waals surface area contributed by atoms with E-state index in [0.29, 0.717) is 13.1 Å². The van der Waals surface area contributed by atoms with Crippen LogP contribution >= 0.6 is 0 Å². The quantitative estimate of drug-likeness (QED) is 0.462. The van der Waals surface area contributed by atoms with Gasteiger partial charge in [-0.25, -0.2) is 4.79 Å². The van der Waals surface area contributed by atoms with Crippen LogP contribution < -0.4 is 16.4 Å². The lowest BCUT2D eigenvalue weighted by molar-refractivity contribution is -0.126. The minimum atomic E-state index is -0.878. The summed E-state index contributed by atoms with van der Waals surface area (Å²) in [7, 11) is 0. The number of imide groups is 1. The van der Waals surface area contributed by atoms with Gasteiger partial charge in [-0.3, -0.25) is 19.8 Å². The Morgan fingerprint density at radius 1 is 1.57 bits per heavy atom. The molecule has 0 spiro atoms. The molecule has 0 aromatic rings. The van der Waals surface area contributed by atoms with Gasteiger partial charge in [-0.15, -0.1) is 0 Å². The topological polar surface area (TPSA) is 105 Å². The highest BCUT2D eigenvalue weighted by molar-refractivity contribution is 5.94. The molecule has 1 rings (SSSR count). The molecule has 1 aliphatic heterocycles. The molecule has 0 unspecified atom stereocenters. The van der Waals surface area contributed by atoms with E-state index in [0.717, 1.165) is 0 Å². The summed E-state index contributed by atoms with van der Waals surface area (Å²) in [6.45, 7) is 1.29. The highest BCUT2D eigenvalue weighted by Gasteiger charge is 2.18. The third-order valence-electron chi connectivity index (χ3n) is 1.75. The maximum Gasteiger partial charge on any atom is 0.318 e. The normalized spacial score (nSPS) is 17.3. The SMILES string of the molecule is NC(=O)NC(=O)CN1CCNC(=O)C1. The van der Waals surface area contributed by atoms with Gasteiger partial charge in [-0.05, 0) is 0 Å². The minimum Gasteiger partial charge on any atom is -0.354 e. The van der Waals surface area contributed by atoms with Crippen LogP contribution in [0.15, 0.2) is 0 Å². The summed E-state index contributed by atoms with van der Waals surface area (Å²) in [4.78, 5) is 33.9. The van der Waals surface area contributed by atoms with Gasteiger partial charge in [-0.1, -0.05) is 0 Å². The van der Waals surface area contributed by atoms with Crippen molar-refractivity contribution in [1.29, 1.82) is 0 Å². The molecule has 1 aliphatic rings. The molecule has 0 atom stereocenters. The van der Waals surface area contributed by atoms with E-state index in [4.69, 9.17) is 5.73 Å². The first kappa shape index (κ1) is 10.5. The zero-order valence-electron chi connectivity index (χ0n) is 7.58. The predicted molar refractivity (Wildman–Crippen MR) is 47.2 cm³/mol. The number of nitrogens with one attached hydrogen (secondary N) is 2. The molecule has 0 aromatic heterocycles. The smallest absolute Gasteiger partial charge is 0.318 e.